The minimum atomic E-state index is -0.625. The highest BCUT2D eigenvalue weighted by Gasteiger charge is 2.30. The summed E-state index contributed by atoms with van der Waals surface area (Å²) in [6.07, 6.45) is 0.770. The molecule has 0 bridgehead atoms. The van der Waals surface area contributed by atoms with Gasteiger partial charge < -0.3 is 4.74 Å². The van der Waals surface area contributed by atoms with Crippen LogP contribution in [-0.4, -0.2) is 17.5 Å². The molecule has 0 saturated heterocycles. The maximum Gasteiger partial charge on any atom is 0.316 e. The zero-order valence-corrected chi connectivity index (χ0v) is 18.3. The average Bonchev–Trinajstić information content (AvgIpc) is 2.43. The monoisotopic (exact) mass is 374 g/mol. The number of rotatable bonds is 7. The lowest BCUT2D eigenvalue weighted by Gasteiger charge is -2.30. The Morgan fingerprint density at radius 1 is 0.741 bits per heavy atom. The Hall–Kier alpha value is -1.97. The summed E-state index contributed by atoms with van der Waals surface area (Å²) in [6.45, 7) is 16.6. The zero-order chi connectivity index (χ0) is 21.2. The molecule has 1 rings (SSSR count). The third-order valence-electron chi connectivity index (χ3n) is 4.67. The second-order valence-corrected chi connectivity index (χ2v) is 9.91. The zero-order valence-electron chi connectivity index (χ0n) is 18.3. The molecule has 0 aromatic heterocycles. The summed E-state index contributed by atoms with van der Waals surface area (Å²) < 4.78 is 5.65. The van der Waals surface area contributed by atoms with Crippen molar-refractivity contribution >= 4 is 17.5 Å². The third kappa shape index (κ3) is 6.60. The van der Waals surface area contributed by atoms with Gasteiger partial charge in [0.25, 0.3) is 0 Å². The first-order chi connectivity index (χ1) is 12.0. The van der Waals surface area contributed by atoms with Gasteiger partial charge in [-0.2, -0.15) is 0 Å². The largest absolute Gasteiger partial charge is 0.426 e. The summed E-state index contributed by atoms with van der Waals surface area (Å²) in [6, 6.07) is 5.69. The van der Waals surface area contributed by atoms with Gasteiger partial charge in [-0.05, 0) is 68.7 Å². The van der Waals surface area contributed by atoms with E-state index in [9.17, 15) is 14.4 Å². The van der Waals surface area contributed by atoms with E-state index >= 15 is 0 Å². The molecule has 0 aliphatic carbocycles. The summed E-state index contributed by atoms with van der Waals surface area (Å²) in [4.78, 5) is 35.8. The van der Waals surface area contributed by atoms with Crippen LogP contribution in [0.25, 0.3) is 0 Å². The fourth-order valence-corrected chi connectivity index (χ4v) is 3.15. The quantitative estimate of drug-likeness (QED) is 0.489. The average molecular weight is 375 g/mol. The van der Waals surface area contributed by atoms with Crippen molar-refractivity contribution in [2.45, 2.75) is 86.0 Å². The SMILES string of the molecule is CC(=O)CC(C)(C)c1cc(OC(=O)C(C)(C)C)cc(C(C)(C)CC(C)=O)c1. The Bertz CT molecular complexity index is 687. The van der Waals surface area contributed by atoms with Gasteiger partial charge in [0, 0.05) is 12.8 Å². The van der Waals surface area contributed by atoms with Crippen LogP contribution >= 0.6 is 0 Å². The van der Waals surface area contributed by atoms with Gasteiger partial charge in [-0.25, -0.2) is 0 Å². The molecule has 0 heterocycles. The van der Waals surface area contributed by atoms with E-state index in [0.717, 1.165) is 11.1 Å². The highest BCUT2D eigenvalue weighted by molar-refractivity contribution is 5.79. The molecule has 0 aliphatic heterocycles. The summed E-state index contributed by atoms with van der Waals surface area (Å²) in [5, 5.41) is 0. The number of benzene rings is 1. The second-order valence-electron chi connectivity index (χ2n) is 9.91. The topological polar surface area (TPSA) is 60.4 Å². The minimum Gasteiger partial charge on any atom is -0.426 e. The van der Waals surface area contributed by atoms with Crippen LogP contribution < -0.4 is 4.74 Å². The lowest BCUT2D eigenvalue weighted by atomic mass is 9.75. The van der Waals surface area contributed by atoms with Gasteiger partial charge in [0.05, 0.1) is 5.41 Å². The predicted molar refractivity (Wildman–Crippen MR) is 108 cm³/mol. The number of ether oxygens (including phenoxy) is 1. The van der Waals surface area contributed by atoms with Gasteiger partial charge >= 0.3 is 5.97 Å². The second kappa shape index (κ2) is 7.95. The normalized spacial score (nSPS) is 12.6. The summed E-state index contributed by atoms with van der Waals surface area (Å²) in [5.41, 5.74) is 0.403. The number of esters is 1. The van der Waals surface area contributed by atoms with Crippen LogP contribution in [0.2, 0.25) is 0 Å². The van der Waals surface area contributed by atoms with E-state index in [0.29, 0.717) is 18.6 Å². The molecular weight excluding hydrogens is 340 g/mol. The highest BCUT2D eigenvalue weighted by Crippen LogP contribution is 2.37. The van der Waals surface area contributed by atoms with Crippen molar-refractivity contribution in [3.8, 4) is 5.75 Å². The molecule has 1 aromatic carbocycles. The number of Topliss-reactive ketones (excluding diaryl/α,β-unsaturated/α-hetero) is 2. The number of ketones is 2. The minimum absolute atomic E-state index is 0.0987. The molecule has 27 heavy (non-hydrogen) atoms. The Morgan fingerprint density at radius 2 is 1.11 bits per heavy atom. The van der Waals surface area contributed by atoms with Crippen molar-refractivity contribution in [1.82, 2.24) is 0 Å². The van der Waals surface area contributed by atoms with Crippen LogP contribution in [-0.2, 0) is 25.2 Å². The fourth-order valence-electron chi connectivity index (χ4n) is 3.15. The molecule has 0 N–H and O–H groups in total. The highest BCUT2D eigenvalue weighted by atomic mass is 16.5. The first-order valence-corrected chi connectivity index (χ1v) is 9.42. The summed E-state index contributed by atoms with van der Waals surface area (Å²) in [7, 11) is 0. The standard InChI is InChI=1S/C23H34O4/c1-15(24)13-22(6,7)17-10-18(23(8,9)14-16(2)25)12-19(11-17)27-20(26)21(3,4)5/h10-12H,13-14H2,1-9H3. The van der Waals surface area contributed by atoms with E-state index in [2.05, 4.69) is 0 Å². The Kier molecular flexibility index (Phi) is 6.80. The van der Waals surface area contributed by atoms with E-state index in [4.69, 9.17) is 4.74 Å². The van der Waals surface area contributed by atoms with Crippen molar-refractivity contribution < 1.29 is 19.1 Å². The van der Waals surface area contributed by atoms with E-state index in [1.165, 1.54) is 0 Å². The number of hydrogen-bond acceptors (Lipinski definition) is 4. The molecule has 0 aliphatic rings. The smallest absolute Gasteiger partial charge is 0.316 e. The van der Waals surface area contributed by atoms with Crippen LogP contribution in [0.4, 0.5) is 0 Å². The number of hydrogen-bond donors (Lipinski definition) is 0. The van der Waals surface area contributed by atoms with Gasteiger partial charge in [0.2, 0.25) is 0 Å². The first kappa shape index (κ1) is 23.1. The van der Waals surface area contributed by atoms with Crippen LogP contribution in [0, 0.1) is 5.41 Å². The predicted octanol–water partition coefficient (Wildman–Crippen LogP) is 5.15. The van der Waals surface area contributed by atoms with Crippen molar-refractivity contribution in [1.29, 1.82) is 0 Å². The van der Waals surface area contributed by atoms with Gasteiger partial charge in [0.15, 0.2) is 0 Å². The van der Waals surface area contributed by atoms with Gasteiger partial charge in [-0.3, -0.25) is 14.4 Å². The molecule has 4 nitrogen and oxygen atoms in total. The van der Waals surface area contributed by atoms with Crippen LogP contribution in [0.3, 0.4) is 0 Å². The van der Waals surface area contributed by atoms with E-state index in [1.54, 1.807) is 34.6 Å². The van der Waals surface area contributed by atoms with Crippen LogP contribution in [0.5, 0.6) is 5.75 Å². The van der Waals surface area contributed by atoms with Crippen molar-refractivity contribution in [2.24, 2.45) is 5.41 Å². The Labute approximate surface area is 163 Å². The van der Waals surface area contributed by atoms with Gasteiger partial charge in [0.1, 0.15) is 17.3 Å². The molecule has 0 spiro atoms. The maximum absolute atomic E-state index is 12.4. The molecular formula is C23H34O4. The fraction of sp³-hybridized carbons (Fsp3) is 0.609. The molecule has 0 fully saturated rings. The lowest BCUT2D eigenvalue weighted by Crippen LogP contribution is -2.27. The molecule has 0 saturated carbocycles. The molecule has 4 heteroatoms. The third-order valence-corrected chi connectivity index (χ3v) is 4.67. The number of carbonyl (C=O) groups is 3. The lowest BCUT2D eigenvalue weighted by molar-refractivity contribution is -0.143. The Morgan fingerprint density at radius 3 is 1.41 bits per heavy atom. The molecule has 0 radical (unpaired) electrons. The summed E-state index contributed by atoms with van der Waals surface area (Å²) >= 11 is 0. The van der Waals surface area contributed by atoms with E-state index in [-0.39, 0.29) is 17.5 Å². The van der Waals surface area contributed by atoms with Crippen molar-refractivity contribution in [3.63, 3.8) is 0 Å². The van der Waals surface area contributed by atoms with Crippen LogP contribution in [0.1, 0.15) is 86.3 Å². The molecule has 0 amide bonds. The van der Waals surface area contributed by atoms with E-state index in [1.807, 2.05) is 45.9 Å². The molecule has 150 valence electrons. The molecule has 1 aromatic rings. The van der Waals surface area contributed by atoms with Gasteiger partial charge in [-0.15, -0.1) is 0 Å². The molecule has 0 atom stereocenters. The van der Waals surface area contributed by atoms with E-state index < -0.39 is 16.2 Å². The van der Waals surface area contributed by atoms with Crippen molar-refractivity contribution in [3.05, 3.63) is 29.3 Å². The van der Waals surface area contributed by atoms with Crippen LogP contribution in [0.15, 0.2) is 18.2 Å². The number of carbonyl (C=O) groups excluding carboxylic acids is 3. The van der Waals surface area contributed by atoms with Gasteiger partial charge in [-0.1, -0.05) is 33.8 Å². The maximum atomic E-state index is 12.4. The Balaban J connectivity index is 3.49. The van der Waals surface area contributed by atoms with Crippen molar-refractivity contribution in [2.75, 3.05) is 0 Å². The summed E-state index contributed by atoms with van der Waals surface area (Å²) in [5.74, 6) is 0.332. The molecule has 0 unspecified atom stereocenters. The first-order valence-electron chi connectivity index (χ1n) is 9.42.